The molecule has 30 heteroatoms. The Kier molecular flexibility index (Phi) is 21.9. The highest BCUT2D eigenvalue weighted by Gasteiger charge is 2.63. The van der Waals surface area contributed by atoms with Gasteiger partial charge < -0.3 is 116 Å². The van der Waals surface area contributed by atoms with E-state index in [2.05, 4.69) is 21.3 Å². The van der Waals surface area contributed by atoms with Crippen molar-refractivity contribution in [3.63, 3.8) is 0 Å². The lowest BCUT2D eigenvalue weighted by molar-refractivity contribution is -0.222. The quantitative estimate of drug-likeness (QED) is 0.124. The third kappa shape index (κ3) is 16.9. The normalized spacial score (nSPS) is 40.2. The molecule has 0 bridgehead atoms. The van der Waals surface area contributed by atoms with Gasteiger partial charge in [-0.1, -0.05) is 24.3 Å². The van der Waals surface area contributed by atoms with Gasteiger partial charge in [0.25, 0.3) is 0 Å². The average Bonchev–Trinajstić information content (AvgIpc) is 1.63. The summed E-state index contributed by atoms with van der Waals surface area (Å²) >= 11 is 0. The van der Waals surface area contributed by atoms with E-state index in [0.29, 0.717) is 0 Å². The zero-order valence-electron chi connectivity index (χ0n) is 55.9. The summed E-state index contributed by atoms with van der Waals surface area (Å²) in [6.45, 7) is 23.0. The van der Waals surface area contributed by atoms with Gasteiger partial charge in [-0.05, 0) is 110 Å². The number of ether oxygens (including phenoxy) is 20. The van der Waals surface area contributed by atoms with E-state index in [1.807, 2.05) is 0 Å². The van der Waals surface area contributed by atoms with Gasteiger partial charge in [-0.3, -0.25) is 19.2 Å². The van der Waals surface area contributed by atoms with Crippen LogP contribution < -0.4 is 21.3 Å². The maximum absolute atomic E-state index is 15.6. The highest BCUT2D eigenvalue weighted by molar-refractivity contribution is 5.83. The van der Waals surface area contributed by atoms with Gasteiger partial charge in [0.1, 0.15) is 97.7 Å². The molecule has 8 saturated heterocycles. The van der Waals surface area contributed by atoms with E-state index in [9.17, 15) is 19.2 Å². The molecule has 0 aromatic rings. The number of carbonyl (C=O) groups excluding carboxylic acids is 6. The Morgan fingerprint density at radius 1 is 0.457 bits per heavy atom. The Bertz CT molecular complexity index is 2520. The average molecular weight is 1310 g/mol. The predicted octanol–water partition coefficient (Wildman–Crippen LogP) is 3.31. The molecule has 9 rings (SSSR count). The molecule has 9 aliphatic heterocycles. The number of fused-ring (bicyclic) bond motifs is 4. The van der Waals surface area contributed by atoms with E-state index >= 15 is 9.59 Å². The molecule has 4 amide bonds. The van der Waals surface area contributed by atoms with Crippen LogP contribution >= 0.6 is 0 Å². The van der Waals surface area contributed by atoms with Gasteiger partial charge in [0.15, 0.2) is 48.3 Å². The lowest BCUT2D eigenvalue weighted by atomic mass is 9.87. The molecule has 520 valence electrons. The minimum Gasteiger partial charge on any atom is -0.461 e. The first-order valence-electron chi connectivity index (χ1n) is 31.4. The molecule has 8 fully saturated rings. The zero-order valence-corrected chi connectivity index (χ0v) is 55.9. The van der Waals surface area contributed by atoms with Crippen molar-refractivity contribution in [2.45, 2.75) is 280 Å². The smallest absolute Gasteiger partial charge is 0.407 e. The van der Waals surface area contributed by atoms with Crippen LogP contribution in [0.1, 0.15) is 123 Å². The van der Waals surface area contributed by atoms with Gasteiger partial charge >= 0.3 is 24.1 Å². The van der Waals surface area contributed by atoms with Gasteiger partial charge in [-0.2, -0.15) is 0 Å². The third-order valence-corrected chi connectivity index (χ3v) is 16.8. The number of carbonyl (C=O) groups is 6. The number of nitrogens with one attached hydrogen (secondary N) is 4. The van der Waals surface area contributed by atoms with Crippen molar-refractivity contribution < 1.29 is 124 Å². The van der Waals surface area contributed by atoms with Crippen LogP contribution in [-0.2, 0) is 114 Å². The predicted molar refractivity (Wildman–Crippen MR) is 314 cm³/mol. The molecular weight excluding hydrogens is 1220 g/mol. The summed E-state index contributed by atoms with van der Waals surface area (Å²) in [5.41, 5.74) is -1.99. The molecule has 0 saturated carbocycles. The topological polar surface area (TPSA) is 335 Å². The maximum atomic E-state index is 15.6. The number of hydrogen-bond donors (Lipinski definition) is 4. The molecule has 9 heterocycles. The molecule has 4 N–H and O–H groups in total. The van der Waals surface area contributed by atoms with Gasteiger partial charge in [0.2, 0.25) is 11.8 Å². The van der Waals surface area contributed by atoms with Crippen LogP contribution in [0.25, 0.3) is 0 Å². The first kappa shape index (κ1) is 71.6. The van der Waals surface area contributed by atoms with Crippen LogP contribution in [0.5, 0.6) is 0 Å². The molecule has 30 nitrogen and oxygen atoms in total. The molecular formula is C62H96N4O26. The minimum absolute atomic E-state index is 0.190. The summed E-state index contributed by atoms with van der Waals surface area (Å²) in [7, 11) is 5.74. The van der Waals surface area contributed by atoms with E-state index in [1.165, 1.54) is 40.6 Å². The number of methoxy groups -OCH3 is 4. The second kappa shape index (κ2) is 28.1. The first-order valence-corrected chi connectivity index (χ1v) is 31.4. The maximum Gasteiger partial charge on any atom is 0.407 e. The van der Waals surface area contributed by atoms with Gasteiger partial charge in [-0.25, -0.2) is 9.59 Å². The summed E-state index contributed by atoms with van der Waals surface area (Å²) in [6, 6.07) is -5.06. The van der Waals surface area contributed by atoms with Gasteiger partial charge in [-0.15, -0.1) is 0 Å². The number of allylic oxidation sites excluding steroid dienone is 2. The van der Waals surface area contributed by atoms with E-state index in [1.54, 1.807) is 109 Å². The second-order valence-corrected chi connectivity index (χ2v) is 28.1. The molecule has 22 atom stereocenters. The van der Waals surface area contributed by atoms with Crippen molar-refractivity contribution in [3.05, 3.63) is 24.3 Å². The Hall–Kier alpha value is -4.74. The fourth-order valence-corrected chi connectivity index (χ4v) is 13.3. The zero-order chi connectivity index (χ0) is 67.2. The van der Waals surface area contributed by atoms with Gasteiger partial charge in [0, 0.05) is 28.4 Å². The van der Waals surface area contributed by atoms with Crippen LogP contribution in [0.15, 0.2) is 24.3 Å². The summed E-state index contributed by atoms with van der Waals surface area (Å²) in [5, 5.41) is 11.8. The first-order chi connectivity index (χ1) is 43.0. The van der Waals surface area contributed by atoms with Crippen molar-refractivity contribution >= 4 is 35.9 Å². The minimum atomic E-state index is -1.31. The number of cyclic esters (lactones) is 2. The van der Waals surface area contributed by atoms with Crippen molar-refractivity contribution in [1.82, 2.24) is 21.3 Å². The lowest BCUT2D eigenvalue weighted by Gasteiger charge is -2.36. The van der Waals surface area contributed by atoms with Crippen molar-refractivity contribution in [2.24, 2.45) is 11.8 Å². The van der Waals surface area contributed by atoms with Gasteiger partial charge in [0.05, 0.1) is 48.8 Å². The van der Waals surface area contributed by atoms with Crippen molar-refractivity contribution in [3.8, 4) is 0 Å². The van der Waals surface area contributed by atoms with Crippen LogP contribution in [-0.4, -0.2) is 235 Å². The Labute approximate surface area is 536 Å². The molecule has 0 radical (unpaired) electrons. The Balaban J connectivity index is 1.08. The van der Waals surface area contributed by atoms with E-state index in [4.69, 9.17) is 94.7 Å². The largest absolute Gasteiger partial charge is 0.461 e. The SMILES string of the molecule is CO[C@@H]1[C@H]2OC(C)(C)O[C@H]2O[C@@H]1[C@@H]1CC(=O)OC/C=C/C[C@@H]([C@H](NC(=O)OC(C)(C)C)[C@H]2O[C@@H]3OC(C)(C)O[C@@H]3[C@H]2OC)C(=O)N[C@H]([C@H]2O[C@@H]3OC(C)(C)O[C@@H]3[C@H]2OC)CC(=O)OC/C=C/C[C@@H]([C@H](NC(=O)OC(C)(C)C)[C@H]2O[C@@H]3OC(C)(C)O[C@@H]3[C@H]2OC)C(=O)N1. The summed E-state index contributed by atoms with van der Waals surface area (Å²) in [6.07, 6.45) is -12.5. The van der Waals surface area contributed by atoms with E-state index < -0.39 is 218 Å². The number of esters is 2. The molecule has 0 aromatic carbocycles. The number of alkyl carbamates (subject to hydrolysis) is 2. The van der Waals surface area contributed by atoms with E-state index in [0.717, 1.165) is 0 Å². The summed E-state index contributed by atoms with van der Waals surface area (Å²) in [5.74, 6) is -9.99. The number of amides is 4. The summed E-state index contributed by atoms with van der Waals surface area (Å²) < 4.78 is 123. The number of hydrogen-bond acceptors (Lipinski definition) is 26. The standard InChI is InChI=1S/C62H96N4O26/c1-57(2,3)91-55(71)65-35(39-43(75-17)47-53(81-39)89-61(11,12)85-47)29-23-19-21-25-77-34(68)28-32(38-42(74-16)46-52(80-38)88-60(9,10)84-46)64-50(70)30(36(66-56(72)92-58(4,5)6)40-44(76-18)48-54(82-40)90-62(13,14)86-48)24-20-22-26-78-33(67)27-31(63-49(29)69)37-41(73-15)45-51(79-37)87-59(7,8)83-45/h19-22,29-32,35-48,51-54H,23-28H2,1-18H3,(H,63,69)(H,64,70)(H,65,71)(H,66,72)/b21-19+,22-20+/t29-,30-,31-,32-,35-,36-,37+,38+,39+,40+,41-,42-,43-,44-,45+,46+,47+,48+,51+,52+,53+,54+/m0/s1. The highest BCUT2D eigenvalue weighted by Crippen LogP contribution is 2.45. The third-order valence-electron chi connectivity index (χ3n) is 16.8. The molecule has 92 heavy (non-hydrogen) atoms. The van der Waals surface area contributed by atoms with Crippen LogP contribution in [0.4, 0.5) is 9.59 Å². The number of rotatable bonds is 12. The highest BCUT2D eigenvalue weighted by atomic mass is 16.9. The molecule has 0 aliphatic carbocycles. The van der Waals surface area contributed by atoms with Crippen LogP contribution in [0.3, 0.4) is 0 Å². The Morgan fingerprint density at radius 3 is 1.07 bits per heavy atom. The summed E-state index contributed by atoms with van der Waals surface area (Å²) in [4.78, 5) is 88.1. The molecule has 0 unspecified atom stereocenters. The lowest BCUT2D eigenvalue weighted by Crippen LogP contribution is -2.59. The van der Waals surface area contributed by atoms with E-state index in [-0.39, 0.29) is 26.1 Å². The second-order valence-electron chi connectivity index (χ2n) is 28.1. The monoisotopic (exact) mass is 1310 g/mol. The van der Waals surface area contributed by atoms with Crippen molar-refractivity contribution in [2.75, 3.05) is 41.7 Å². The van der Waals surface area contributed by atoms with Crippen LogP contribution in [0, 0.1) is 11.8 Å². The fraction of sp³-hybridized carbons (Fsp3) is 0.839. The molecule has 0 aromatic heterocycles. The van der Waals surface area contributed by atoms with Crippen LogP contribution in [0.2, 0.25) is 0 Å². The molecule has 0 spiro atoms. The molecule has 9 aliphatic rings. The fourth-order valence-electron chi connectivity index (χ4n) is 13.3. The Morgan fingerprint density at radius 2 is 0.761 bits per heavy atom. The van der Waals surface area contributed by atoms with Crippen molar-refractivity contribution in [1.29, 1.82) is 0 Å².